The number of unbranched alkanes of at least 4 members (excludes halogenated alkanes) is 2. The minimum atomic E-state index is -4.36. The van der Waals surface area contributed by atoms with Gasteiger partial charge in [-0.15, -0.1) is 5.75 Å². The monoisotopic (exact) mass is 1060 g/mol. The Balaban J connectivity index is 0.00000507. The largest absolute Gasteiger partial charge is 1.00 e. The minimum Gasteiger partial charge on any atom is -0.872 e. The van der Waals surface area contributed by atoms with Crippen LogP contribution in [0.25, 0.3) is 11.1 Å². The van der Waals surface area contributed by atoms with Crippen molar-refractivity contribution in [3.05, 3.63) is 191 Å². The van der Waals surface area contributed by atoms with Crippen molar-refractivity contribution < 1.29 is 104 Å². The Morgan fingerprint density at radius 2 is 1.36 bits per heavy atom. The van der Waals surface area contributed by atoms with Gasteiger partial charge in [0.15, 0.2) is 5.71 Å². The van der Waals surface area contributed by atoms with E-state index in [4.69, 9.17) is 4.74 Å². The van der Waals surface area contributed by atoms with Gasteiger partial charge in [0.05, 0.1) is 27.8 Å². The van der Waals surface area contributed by atoms with Crippen LogP contribution in [0.1, 0.15) is 105 Å². The summed E-state index contributed by atoms with van der Waals surface area (Å²) in [5.74, 6) is -0.385. The second kappa shape index (κ2) is 26.5. The van der Waals surface area contributed by atoms with Gasteiger partial charge >= 0.3 is 59.1 Å². The van der Waals surface area contributed by atoms with Crippen LogP contribution >= 0.6 is 0 Å². The van der Waals surface area contributed by atoms with E-state index in [0.29, 0.717) is 43.7 Å². The van der Waals surface area contributed by atoms with Gasteiger partial charge in [-0.2, -0.15) is 13.0 Å². The Bertz CT molecular complexity index is 3150. The van der Waals surface area contributed by atoms with Crippen molar-refractivity contribution in [2.75, 3.05) is 42.6 Å². The summed E-state index contributed by atoms with van der Waals surface area (Å²) >= 11 is 0. The molecule has 378 valence electrons. The molecule has 1 amide bonds. The van der Waals surface area contributed by atoms with E-state index in [2.05, 4.69) is 79.8 Å². The molecule has 0 fully saturated rings. The Labute approximate surface area is 482 Å². The third-order valence-electron chi connectivity index (χ3n) is 13.5. The van der Waals surface area contributed by atoms with Gasteiger partial charge in [-0.25, -0.2) is 8.42 Å². The number of benzene rings is 5. The molecule has 0 radical (unpaired) electrons. The maximum atomic E-state index is 13.7. The van der Waals surface area contributed by atoms with Crippen LogP contribution in [0.5, 0.6) is 11.5 Å². The second-order valence-corrected chi connectivity index (χ2v) is 22.3. The maximum absolute atomic E-state index is 13.7. The molecule has 12 nitrogen and oxygen atoms in total. The molecule has 0 unspecified atom stereocenters. The number of hydrogen-bond acceptors (Lipinski definition) is 9. The van der Waals surface area contributed by atoms with Gasteiger partial charge in [-0.3, -0.25) is 9.35 Å². The third kappa shape index (κ3) is 15.1. The molecule has 2 aliphatic rings. The maximum Gasteiger partial charge on any atom is 1.00 e. The van der Waals surface area contributed by atoms with E-state index in [-0.39, 0.29) is 102 Å². The predicted octanol–water partition coefficient (Wildman–Crippen LogP) is 4.11. The molecule has 0 aliphatic carbocycles. The number of allylic oxidation sites excluding steroid dienone is 7. The summed E-state index contributed by atoms with van der Waals surface area (Å²) in [6, 6.07) is 38.7. The van der Waals surface area contributed by atoms with E-state index in [0.717, 1.165) is 62.6 Å². The first-order chi connectivity index (χ1) is 34.3. The normalized spacial score (nSPS) is 15.7. The van der Waals surface area contributed by atoms with Gasteiger partial charge < -0.3 is 24.6 Å². The van der Waals surface area contributed by atoms with E-state index in [1.165, 1.54) is 5.56 Å². The van der Waals surface area contributed by atoms with E-state index in [9.17, 15) is 35.8 Å². The first-order valence-corrected chi connectivity index (χ1v) is 27.7. The molecule has 2 N–H and O–H groups in total. The number of carbonyl (C=O) groups excluding carboxylic acids is 1. The van der Waals surface area contributed by atoms with Crippen molar-refractivity contribution in [3.8, 4) is 11.5 Å². The number of anilines is 1. The molecule has 7 rings (SSSR count). The number of para-hydroxylation sites is 1. The van der Waals surface area contributed by atoms with E-state index >= 15 is 0 Å². The van der Waals surface area contributed by atoms with Crippen LogP contribution in [0, 0.1) is 0 Å². The first-order valence-electron chi connectivity index (χ1n) is 24.5. The van der Waals surface area contributed by atoms with Crippen LogP contribution in [0.15, 0.2) is 157 Å². The van der Waals surface area contributed by atoms with Crippen LogP contribution < -0.4 is 79.2 Å². The zero-order chi connectivity index (χ0) is 51.7. The number of nitrogens with one attached hydrogen (secondary N) is 1. The Morgan fingerprint density at radius 3 is 2.03 bits per heavy atom. The quantitative estimate of drug-likeness (QED) is 0.0256. The molecule has 5 aromatic rings. The third-order valence-corrected chi connectivity index (χ3v) is 15.1. The summed E-state index contributed by atoms with van der Waals surface area (Å²) in [7, 11) is -8.41. The zero-order valence-corrected chi connectivity index (χ0v) is 49.3. The van der Waals surface area contributed by atoms with Crippen molar-refractivity contribution in [1.82, 2.24) is 5.32 Å². The average Bonchev–Trinajstić information content (AvgIpc) is 3.69. The molecule has 0 atom stereocenters. The smallest absolute Gasteiger partial charge is 0.872 e. The van der Waals surface area contributed by atoms with Gasteiger partial charge in [0.25, 0.3) is 16.0 Å². The molecule has 5 aromatic carbocycles. The molecule has 2 heterocycles. The number of carbonyl (C=O) groups is 1. The number of hydrogen-bond donors (Lipinski definition) is 2. The van der Waals surface area contributed by atoms with Crippen molar-refractivity contribution >= 4 is 54.4 Å². The Hall–Kier alpha value is -4.58. The van der Waals surface area contributed by atoms with Gasteiger partial charge in [0.1, 0.15) is 18.9 Å². The van der Waals surface area contributed by atoms with E-state index < -0.39 is 31.4 Å². The Kier molecular flexibility index (Phi) is 21.6. The van der Waals surface area contributed by atoms with Crippen LogP contribution in [-0.4, -0.2) is 79.9 Å². The zero-order valence-electron chi connectivity index (χ0n) is 43.6. The van der Waals surface area contributed by atoms with Crippen LogP contribution in [0.2, 0.25) is 0 Å². The summed E-state index contributed by atoms with van der Waals surface area (Å²) < 4.78 is 74.7. The SMILES string of the molecule is CC/C(=C(/c1ccc([O-])cc1)c1ccc(OCCNC(=O)c2ccc3c(c2)C(C)(C)C(=CC=CC=CC2=[N+](CCCCS(=O)(=O)O)c4ccccc4C2(C)C)N3CCCCS(=O)(=O)[O-])cc1)c1ccccc1.[Na+].[Na+]. The molecule has 0 aromatic heterocycles. The summed E-state index contributed by atoms with van der Waals surface area (Å²) in [5, 5.41) is 15.0. The van der Waals surface area contributed by atoms with Gasteiger partial charge in [-0.05, 0) is 109 Å². The van der Waals surface area contributed by atoms with Crippen LogP contribution in [-0.2, 0) is 31.1 Å². The number of fused-ring (bicyclic) bond motifs is 2. The molecule has 0 saturated carbocycles. The predicted molar refractivity (Wildman–Crippen MR) is 285 cm³/mol. The summed E-state index contributed by atoms with van der Waals surface area (Å²) in [4.78, 5) is 15.8. The van der Waals surface area contributed by atoms with Crippen LogP contribution in [0.3, 0.4) is 0 Å². The minimum absolute atomic E-state index is 0. The van der Waals surface area contributed by atoms with Crippen molar-refractivity contribution in [2.24, 2.45) is 0 Å². The van der Waals surface area contributed by atoms with Crippen LogP contribution in [0.4, 0.5) is 11.4 Å². The molecule has 0 bridgehead atoms. The number of nitrogens with zero attached hydrogens (tertiary/aromatic N) is 2. The fraction of sp³-hybridized carbons (Fsp3) is 0.310. The topological polar surface area (TPSA) is 179 Å². The molecule has 0 spiro atoms. The molecular formula is C58H64N3Na2O9S2+. The molecule has 0 saturated heterocycles. The summed E-state index contributed by atoms with van der Waals surface area (Å²) in [6.07, 6.45) is 12.3. The fourth-order valence-electron chi connectivity index (χ4n) is 9.85. The number of ether oxygens (including phenoxy) is 1. The molecule has 2 aliphatic heterocycles. The second-order valence-electron chi connectivity index (χ2n) is 19.2. The van der Waals surface area contributed by atoms with Gasteiger partial charge in [0, 0.05) is 58.8 Å². The fourth-order valence-corrected chi connectivity index (χ4v) is 11.0. The summed E-state index contributed by atoms with van der Waals surface area (Å²) in [6.45, 7) is 12.2. The standard InChI is InChI=1S/C58H65N3O9S2.2Na/c1-6-48(42-19-9-7-10-20-42)55(43-25-30-46(62)31-26-43)44-27-32-47(33-28-44)70-38-35-59-56(63)45-29-34-52-50(41-45)58(4,5)54(61(52)37-16-18-40-72(67,68)69)24-12-8-11-23-53-57(2,3)49-21-13-14-22-51(49)60(53)36-15-17-39-71(64,65)66;;/h7-14,19-34,41H,6,15-18,35-40H2,1-5H3,(H3-,59,62,63,64,65,66,67,68,69);;/q;2*+1/p-1/b55-48+;;. The van der Waals surface area contributed by atoms with Crippen molar-refractivity contribution in [3.63, 3.8) is 0 Å². The van der Waals surface area contributed by atoms with Crippen molar-refractivity contribution in [1.29, 1.82) is 0 Å². The molecular weight excluding hydrogens is 993 g/mol. The average molecular weight is 1060 g/mol. The number of amides is 1. The van der Waals surface area contributed by atoms with Gasteiger partial charge in [0.2, 0.25) is 5.69 Å². The molecule has 74 heavy (non-hydrogen) atoms. The molecule has 16 heteroatoms. The number of rotatable bonds is 22. The summed E-state index contributed by atoms with van der Waals surface area (Å²) in [5.41, 5.74) is 10.9. The van der Waals surface area contributed by atoms with E-state index in [1.807, 2.05) is 103 Å². The van der Waals surface area contributed by atoms with Crippen molar-refractivity contribution in [2.45, 2.75) is 77.6 Å². The van der Waals surface area contributed by atoms with E-state index in [1.54, 1.807) is 18.2 Å². The Morgan fingerprint density at radius 1 is 0.730 bits per heavy atom. The van der Waals surface area contributed by atoms with Gasteiger partial charge in [-0.1, -0.05) is 124 Å². The first kappa shape index (κ1) is 60.3.